The molecule has 0 aromatic heterocycles. The Kier molecular flexibility index (Phi) is 68.2. The smallest absolute Gasteiger partial charge is 0.306 e. The number of ether oxygens (including phenoxy) is 3. The first-order valence-electron chi connectivity index (χ1n) is 36.1. The van der Waals surface area contributed by atoms with Crippen molar-refractivity contribution in [3.05, 3.63) is 85.1 Å². The summed E-state index contributed by atoms with van der Waals surface area (Å²) in [5.74, 6) is -0.901. The number of rotatable bonds is 66. The van der Waals surface area contributed by atoms with Gasteiger partial charge in [0, 0.05) is 19.3 Å². The molecule has 480 valence electrons. The van der Waals surface area contributed by atoms with Crippen LogP contribution in [0.15, 0.2) is 85.1 Å². The van der Waals surface area contributed by atoms with Gasteiger partial charge in [-0.25, -0.2) is 0 Å². The van der Waals surface area contributed by atoms with Gasteiger partial charge in [0.2, 0.25) is 0 Å². The van der Waals surface area contributed by atoms with Gasteiger partial charge in [-0.3, -0.25) is 14.4 Å². The molecular formula is C77H136O6. The van der Waals surface area contributed by atoms with Crippen LogP contribution in [0.5, 0.6) is 0 Å². The predicted molar refractivity (Wildman–Crippen MR) is 362 cm³/mol. The van der Waals surface area contributed by atoms with Crippen LogP contribution in [0.3, 0.4) is 0 Å². The second kappa shape index (κ2) is 71.1. The molecule has 0 radical (unpaired) electrons. The minimum absolute atomic E-state index is 0.0857. The van der Waals surface area contributed by atoms with E-state index in [4.69, 9.17) is 14.2 Å². The van der Waals surface area contributed by atoms with E-state index in [1.807, 2.05) is 0 Å². The number of esters is 3. The van der Waals surface area contributed by atoms with Gasteiger partial charge in [0.25, 0.3) is 0 Å². The molecule has 0 aromatic rings. The van der Waals surface area contributed by atoms with Crippen LogP contribution in [0.25, 0.3) is 0 Å². The lowest BCUT2D eigenvalue weighted by Crippen LogP contribution is -2.30. The van der Waals surface area contributed by atoms with E-state index >= 15 is 0 Å². The molecule has 83 heavy (non-hydrogen) atoms. The number of carbonyl (C=O) groups is 3. The van der Waals surface area contributed by atoms with Gasteiger partial charge in [-0.2, -0.15) is 0 Å². The summed E-state index contributed by atoms with van der Waals surface area (Å²) in [5, 5.41) is 0. The van der Waals surface area contributed by atoms with Crippen LogP contribution in [0.2, 0.25) is 0 Å². The summed E-state index contributed by atoms with van der Waals surface area (Å²) in [4.78, 5) is 38.5. The molecule has 0 rings (SSSR count). The van der Waals surface area contributed by atoms with Crippen LogP contribution in [-0.2, 0) is 28.6 Å². The van der Waals surface area contributed by atoms with Gasteiger partial charge in [0.05, 0.1) is 0 Å². The maximum absolute atomic E-state index is 13.0. The van der Waals surface area contributed by atoms with Crippen molar-refractivity contribution < 1.29 is 28.6 Å². The molecule has 0 saturated heterocycles. The van der Waals surface area contributed by atoms with Crippen molar-refractivity contribution in [2.75, 3.05) is 13.2 Å². The van der Waals surface area contributed by atoms with Crippen LogP contribution in [0, 0.1) is 0 Å². The van der Waals surface area contributed by atoms with Crippen molar-refractivity contribution in [2.24, 2.45) is 0 Å². The molecule has 0 fully saturated rings. The van der Waals surface area contributed by atoms with Gasteiger partial charge in [-0.1, -0.05) is 318 Å². The van der Waals surface area contributed by atoms with Crippen LogP contribution < -0.4 is 0 Å². The molecule has 0 amide bonds. The second-order valence-electron chi connectivity index (χ2n) is 24.1. The first-order chi connectivity index (χ1) is 41.0. The van der Waals surface area contributed by atoms with E-state index in [-0.39, 0.29) is 31.1 Å². The molecule has 0 N–H and O–H groups in total. The molecule has 0 bridgehead atoms. The van der Waals surface area contributed by atoms with Crippen molar-refractivity contribution >= 4 is 17.9 Å². The standard InChI is InChI=1S/C77H136O6/c1-4-7-10-13-16-19-22-25-28-31-34-36-38-40-43-46-49-52-55-58-61-64-67-70-76(79)82-73-74(72-81-75(78)69-66-63-60-57-54-51-48-45-42-33-30-27-24-21-18-15-12-9-6-3)83-77(80)71-68-65-62-59-56-53-50-47-44-41-39-37-35-32-29-26-23-20-17-14-11-8-5-2/h9,12,18,21,27,30-32,34-35,42,45,51,54,74H,4-8,10-11,13-17,19-20,22-26,28-29,33,36-41,43-44,46-50,52-53,55-73H2,1-3H3/b12-9-,21-18-,30-27-,34-31-,35-32-,45-42-,54-51-. The fourth-order valence-corrected chi connectivity index (χ4v) is 10.5. The highest BCUT2D eigenvalue weighted by molar-refractivity contribution is 5.71. The fraction of sp³-hybridized carbons (Fsp3) is 0.779. The van der Waals surface area contributed by atoms with E-state index in [2.05, 4.69) is 106 Å². The van der Waals surface area contributed by atoms with Gasteiger partial charge in [0.1, 0.15) is 13.2 Å². The van der Waals surface area contributed by atoms with Gasteiger partial charge < -0.3 is 14.2 Å². The molecule has 0 aliphatic rings. The summed E-state index contributed by atoms with van der Waals surface area (Å²) in [7, 11) is 0. The highest BCUT2D eigenvalue weighted by Crippen LogP contribution is 2.17. The third kappa shape index (κ3) is 69.3. The maximum Gasteiger partial charge on any atom is 0.306 e. The zero-order valence-corrected chi connectivity index (χ0v) is 55.2. The molecule has 6 nitrogen and oxygen atoms in total. The minimum Gasteiger partial charge on any atom is -0.462 e. The zero-order valence-electron chi connectivity index (χ0n) is 55.2. The summed E-state index contributed by atoms with van der Waals surface area (Å²) in [6.07, 6.45) is 94.7. The second-order valence-corrected chi connectivity index (χ2v) is 24.1. The SMILES string of the molecule is CC/C=C\C/C=C\C/C=C\C/C=C\C/C=C\CCCCCC(=O)OCC(COC(=O)CCCCCCCCCCCCC/C=C\CCCCCCCCCC)OC(=O)CCCCCCCCCCCCC/C=C\CCCCCCCCCC. The molecule has 1 unspecified atom stereocenters. The number of hydrogen-bond donors (Lipinski definition) is 0. The molecule has 0 aromatic carbocycles. The highest BCUT2D eigenvalue weighted by Gasteiger charge is 2.19. The molecule has 0 spiro atoms. The Morgan fingerprint density at radius 1 is 0.253 bits per heavy atom. The summed E-state index contributed by atoms with van der Waals surface area (Å²) in [6, 6.07) is 0. The van der Waals surface area contributed by atoms with Gasteiger partial charge in [-0.15, -0.1) is 0 Å². The summed E-state index contributed by atoms with van der Waals surface area (Å²) >= 11 is 0. The van der Waals surface area contributed by atoms with Crippen molar-refractivity contribution in [1.82, 2.24) is 0 Å². The molecular weight excluding hydrogens is 1020 g/mol. The van der Waals surface area contributed by atoms with Gasteiger partial charge >= 0.3 is 17.9 Å². The van der Waals surface area contributed by atoms with Crippen LogP contribution in [0.4, 0.5) is 0 Å². The van der Waals surface area contributed by atoms with Crippen molar-refractivity contribution in [3.8, 4) is 0 Å². The van der Waals surface area contributed by atoms with E-state index in [0.29, 0.717) is 19.3 Å². The Labute approximate surface area is 515 Å². The Bertz CT molecular complexity index is 1570. The zero-order chi connectivity index (χ0) is 59.9. The van der Waals surface area contributed by atoms with Crippen LogP contribution in [-0.4, -0.2) is 37.2 Å². The summed E-state index contributed by atoms with van der Waals surface area (Å²) in [5.41, 5.74) is 0. The Morgan fingerprint density at radius 3 is 0.759 bits per heavy atom. The largest absolute Gasteiger partial charge is 0.462 e. The quantitative estimate of drug-likeness (QED) is 0.0261. The molecule has 0 saturated carbocycles. The number of hydrogen-bond acceptors (Lipinski definition) is 6. The normalized spacial score (nSPS) is 12.6. The number of allylic oxidation sites excluding steroid dienone is 14. The molecule has 0 heterocycles. The van der Waals surface area contributed by atoms with Gasteiger partial charge in [0.15, 0.2) is 6.10 Å². The fourth-order valence-electron chi connectivity index (χ4n) is 10.5. The highest BCUT2D eigenvalue weighted by atomic mass is 16.6. The average Bonchev–Trinajstić information content (AvgIpc) is 3.49. The van der Waals surface area contributed by atoms with Crippen molar-refractivity contribution in [2.45, 2.75) is 374 Å². The van der Waals surface area contributed by atoms with E-state index < -0.39 is 6.10 Å². The third-order valence-corrected chi connectivity index (χ3v) is 15.9. The van der Waals surface area contributed by atoms with E-state index in [1.165, 1.54) is 231 Å². The summed E-state index contributed by atoms with van der Waals surface area (Å²) < 4.78 is 17.0. The average molecular weight is 1160 g/mol. The molecule has 1 atom stereocenters. The van der Waals surface area contributed by atoms with Crippen molar-refractivity contribution in [3.63, 3.8) is 0 Å². The number of carbonyl (C=O) groups excluding carboxylic acids is 3. The van der Waals surface area contributed by atoms with Crippen LogP contribution in [0.1, 0.15) is 367 Å². The van der Waals surface area contributed by atoms with E-state index in [9.17, 15) is 14.4 Å². The Hall–Kier alpha value is -3.41. The molecule has 0 aliphatic carbocycles. The molecule has 0 aliphatic heterocycles. The van der Waals surface area contributed by atoms with Crippen LogP contribution >= 0.6 is 0 Å². The van der Waals surface area contributed by atoms with E-state index in [0.717, 1.165) is 96.3 Å². The Morgan fingerprint density at radius 2 is 0.470 bits per heavy atom. The van der Waals surface area contributed by atoms with Gasteiger partial charge in [-0.05, 0) is 116 Å². The Balaban J connectivity index is 4.39. The first-order valence-corrected chi connectivity index (χ1v) is 36.1. The monoisotopic (exact) mass is 1160 g/mol. The maximum atomic E-state index is 13.0. The topological polar surface area (TPSA) is 78.9 Å². The lowest BCUT2D eigenvalue weighted by atomic mass is 10.0. The minimum atomic E-state index is -0.794. The third-order valence-electron chi connectivity index (χ3n) is 15.9. The van der Waals surface area contributed by atoms with Crippen molar-refractivity contribution in [1.29, 1.82) is 0 Å². The number of unbranched alkanes of at least 4 members (excludes halogenated alkanes) is 41. The first kappa shape index (κ1) is 79.6. The lowest BCUT2D eigenvalue weighted by molar-refractivity contribution is -0.167. The van der Waals surface area contributed by atoms with E-state index in [1.54, 1.807) is 0 Å². The predicted octanol–water partition coefficient (Wildman–Crippen LogP) is 25.0. The molecule has 6 heteroatoms. The lowest BCUT2D eigenvalue weighted by Gasteiger charge is -2.18. The summed E-state index contributed by atoms with van der Waals surface area (Å²) in [6.45, 7) is 6.55.